The second-order valence-electron chi connectivity index (χ2n) is 4.92. The van der Waals surface area contributed by atoms with Gasteiger partial charge < -0.3 is 5.32 Å². The molecule has 94 valence electrons. The molecule has 2 aliphatic rings. The Morgan fingerprint density at radius 2 is 2.17 bits per heavy atom. The smallest absolute Gasteiger partial charge is 0.252 e. The van der Waals surface area contributed by atoms with Crippen molar-refractivity contribution in [2.24, 2.45) is 0 Å². The highest BCUT2D eigenvalue weighted by atomic mass is 16.2. The van der Waals surface area contributed by atoms with Gasteiger partial charge in [0.2, 0.25) is 5.91 Å². The molecule has 18 heavy (non-hydrogen) atoms. The van der Waals surface area contributed by atoms with Crippen molar-refractivity contribution in [3.63, 3.8) is 0 Å². The number of amides is 2. The van der Waals surface area contributed by atoms with E-state index in [4.69, 9.17) is 0 Å². The zero-order valence-electron chi connectivity index (χ0n) is 10.2. The van der Waals surface area contributed by atoms with Crippen molar-refractivity contribution in [1.82, 2.24) is 9.88 Å². The SMILES string of the molecule is Cc1cnccc1NC1CC(=O)N(C2CC2)C1=O. The number of likely N-dealkylation sites (tertiary alicyclic amines) is 1. The number of aryl methyl sites for hydroxylation is 1. The van der Waals surface area contributed by atoms with E-state index in [2.05, 4.69) is 10.3 Å². The molecule has 1 aliphatic carbocycles. The molecule has 0 spiro atoms. The van der Waals surface area contributed by atoms with E-state index in [9.17, 15) is 9.59 Å². The van der Waals surface area contributed by atoms with Crippen LogP contribution in [0.5, 0.6) is 0 Å². The molecule has 5 heteroatoms. The topological polar surface area (TPSA) is 62.3 Å². The Hall–Kier alpha value is -1.91. The molecule has 2 amide bonds. The summed E-state index contributed by atoms with van der Waals surface area (Å²) < 4.78 is 0. The molecule has 1 saturated carbocycles. The molecule has 1 saturated heterocycles. The fourth-order valence-electron chi connectivity index (χ4n) is 2.30. The van der Waals surface area contributed by atoms with E-state index in [0.29, 0.717) is 0 Å². The van der Waals surface area contributed by atoms with E-state index in [1.165, 1.54) is 4.90 Å². The zero-order valence-corrected chi connectivity index (χ0v) is 10.2. The molecule has 2 heterocycles. The summed E-state index contributed by atoms with van der Waals surface area (Å²) in [6.45, 7) is 1.93. The molecule has 1 atom stereocenters. The molecular weight excluding hydrogens is 230 g/mol. The molecule has 1 aromatic rings. The van der Waals surface area contributed by atoms with Gasteiger partial charge in [0.05, 0.1) is 6.42 Å². The fraction of sp³-hybridized carbons (Fsp3) is 0.462. The van der Waals surface area contributed by atoms with E-state index < -0.39 is 6.04 Å². The Balaban J connectivity index is 1.76. The quantitative estimate of drug-likeness (QED) is 0.810. The van der Waals surface area contributed by atoms with Crippen molar-refractivity contribution < 1.29 is 9.59 Å². The maximum absolute atomic E-state index is 12.1. The van der Waals surface area contributed by atoms with Crippen molar-refractivity contribution in [3.05, 3.63) is 24.0 Å². The summed E-state index contributed by atoms with van der Waals surface area (Å²) >= 11 is 0. The minimum Gasteiger partial charge on any atom is -0.373 e. The number of carbonyl (C=O) groups is 2. The van der Waals surface area contributed by atoms with Gasteiger partial charge in [-0.15, -0.1) is 0 Å². The number of carbonyl (C=O) groups excluding carboxylic acids is 2. The monoisotopic (exact) mass is 245 g/mol. The Kier molecular flexibility index (Phi) is 2.54. The molecule has 0 radical (unpaired) electrons. The van der Waals surface area contributed by atoms with Crippen LogP contribution in [0.4, 0.5) is 5.69 Å². The van der Waals surface area contributed by atoms with E-state index in [1.54, 1.807) is 12.4 Å². The van der Waals surface area contributed by atoms with Crippen LogP contribution in [0.25, 0.3) is 0 Å². The molecular formula is C13H15N3O2. The molecule has 1 unspecified atom stereocenters. The van der Waals surface area contributed by atoms with Gasteiger partial charge in [-0.25, -0.2) is 0 Å². The average Bonchev–Trinajstić information content (AvgIpc) is 3.11. The van der Waals surface area contributed by atoms with Gasteiger partial charge in [0.1, 0.15) is 6.04 Å². The lowest BCUT2D eigenvalue weighted by atomic mass is 10.2. The van der Waals surface area contributed by atoms with Crippen molar-refractivity contribution in [2.45, 2.75) is 38.3 Å². The normalized spacial score (nSPS) is 23.6. The minimum atomic E-state index is -0.417. The molecule has 5 nitrogen and oxygen atoms in total. The van der Waals surface area contributed by atoms with Crippen LogP contribution in [0.15, 0.2) is 18.5 Å². The van der Waals surface area contributed by atoms with Crippen molar-refractivity contribution in [2.75, 3.05) is 5.32 Å². The number of rotatable bonds is 3. The van der Waals surface area contributed by atoms with E-state index in [1.807, 2.05) is 13.0 Å². The predicted molar refractivity (Wildman–Crippen MR) is 65.9 cm³/mol. The predicted octanol–water partition coefficient (Wildman–Crippen LogP) is 1.09. The molecule has 0 aromatic carbocycles. The first kappa shape index (κ1) is 11.2. The molecule has 1 aromatic heterocycles. The third kappa shape index (κ3) is 1.85. The molecule has 1 N–H and O–H groups in total. The van der Waals surface area contributed by atoms with Gasteiger partial charge in [0, 0.05) is 24.1 Å². The molecule has 3 rings (SSSR count). The zero-order chi connectivity index (χ0) is 12.7. The minimum absolute atomic E-state index is 0.0493. The van der Waals surface area contributed by atoms with E-state index in [-0.39, 0.29) is 24.3 Å². The first-order valence-corrected chi connectivity index (χ1v) is 6.20. The highest BCUT2D eigenvalue weighted by Crippen LogP contribution is 2.32. The largest absolute Gasteiger partial charge is 0.373 e. The van der Waals surface area contributed by atoms with Crippen LogP contribution in [0.3, 0.4) is 0 Å². The van der Waals surface area contributed by atoms with Crippen LogP contribution in [0, 0.1) is 6.92 Å². The van der Waals surface area contributed by atoms with Crippen LogP contribution in [0.1, 0.15) is 24.8 Å². The second-order valence-corrected chi connectivity index (χ2v) is 4.92. The number of hydrogen-bond donors (Lipinski definition) is 1. The van der Waals surface area contributed by atoms with Crippen molar-refractivity contribution in [1.29, 1.82) is 0 Å². The molecule has 1 aliphatic heterocycles. The van der Waals surface area contributed by atoms with Crippen molar-refractivity contribution >= 4 is 17.5 Å². The Bertz CT molecular complexity index is 511. The first-order chi connectivity index (χ1) is 8.66. The number of hydrogen-bond acceptors (Lipinski definition) is 4. The van der Waals surface area contributed by atoms with Gasteiger partial charge >= 0.3 is 0 Å². The maximum Gasteiger partial charge on any atom is 0.252 e. The number of nitrogens with zero attached hydrogens (tertiary/aromatic N) is 2. The number of anilines is 1. The lowest BCUT2D eigenvalue weighted by Crippen LogP contribution is -2.36. The third-order valence-electron chi connectivity index (χ3n) is 3.45. The van der Waals surface area contributed by atoms with Crippen LogP contribution >= 0.6 is 0 Å². The summed E-state index contributed by atoms with van der Waals surface area (Å²) in [6.07, 6.45) is 5.59. The van der Waals surface area contributed by atoms with Crippen LogP contribution in [-0.4, -0.2) is 33.8 Å². The lowest BCUT2D eigenvalue weighted by Gasteiger charge is -2.16. The number of pyridine rings is 1. The van der Waals surface area contributed by atoms with E-state index >= 15 is 0 Å². The summed E-state index contributed by atoms with van der Waals surface area (Å²) in [4.78, 5) is 29.4. The first-order valence-electron chi connectivity index (χ1n) is 6.20. The van der Waals surface area contributed by atoms with Crippen molar-refractivity contribution in [3.8, 4) is 0 Å². The highest BCUT2D eigenvalue weighted by molar-refractivity contribution is 6.07. The van der Waals surface area contributed by atoms with Crippen LogP contribution in [0.2, 0.25) is 0 Å². The van der Waals surface area contributed by atoms with Crippen LogP contribution in [-0.2, 0) is 9.59 Å². The molecule has 0 bridgehead atoms. The standard InChI is InChI=1S/C13H15N3O2/c1-8-7-14-5-4-10(8)15-11-6-12(17)16(13(11)18)9-2-3-9/h4-5,7,9,11H,2-3,6H2,1H3,(H,14,15). The summed E-state index contributed by atoms with van der Waals surface area (Å²) in [5.41, 5.74) is 1.84. The second kappa shape index (κ2) is 4.08. The number of aromatic nitrogens is 1. The summed E-state index contributed by atoms with van der Waals surface area (Å²) in [7, 11) is 0. The molecule has 2 fully saturated rings. The van der Waals surface area contributed by atoms with E-state index in [0.717, 1.165) is 24.1 Å². The number of nitrogens with one attached hydrogen (secondary N) is 1. The van der Waals surface area contributed by atoms with Gasteiger partial charge in [0.25, 0.3) is 5.91 Å². The average molecular weight is 245 g/mol. The Morgan fingerprint density at radius 1 is 1.39 bits per heavy atom. The third-order valence-corrected chi connectivity index (χ3v) is 3.45. The summed E-state index contributed by atoms with van der Waals surface area (Å²) in [6, 6.07) is 1.57. The van der Waals surface area contributed by atoms with Gasteiger partial charge in [-0.1, -0.05) is 0 Å². The fourth-order valence-corrected chi connectivity index (χ4v) is 2.30. The van der Waals surface area contributed by atoms with Gasteiger partial charge in [-0.05, 0) is 31.4 Å². The Morgan fingerprint density at radius 3 is 2.83 bits per heavy atom. The number of imide groups is 1. The van der Waals surface area contributed by atoms with Gasteiger partial charge in [-0.3, -0.25) is 19.5 Å². The van der Waals surface area contributed by atoms with Gasteiger partial charge in [0.15, 0.2) is 0 Å². The van der Waals surface area contributed by atoms with Gasteiger partial charge in [-0.2, -0.15) is 0 Å². The maximum atomic E-state index is 12.1. The van der Waals surface area contributed by atoms with Crippen LogP contribution < -0.4 is 5.32 Å². The highest BCUT2D eigenvalue weighted by Gasteiger charge is 2.46. The summed E-state index contributed by atoms with van der Waals surface area (Å²) in [5.74, 6) is -0.134. The summed E-state index contributed by atoms with van der Waals surface area (Å²) in [5, 5.41) is 3.15. The lowest BCUT2D eigenvalue weighted by molar-refractivity contribution is -0.139. The Labute approximate surface area is 105 Å².